The third-order valence-electron chi connectivity index (χ3n) is 3.41. The lowest BCUT2D eigenvalue weighted by atomic mass is 10.1. The normalized spacial score (nSPS) is 10.4. The number of aryl methyl sites for hydroxylation is 1. The number of ether oxygens (including phenoxy) is 1. The van der Waals surface area contributed by atoms with Crippen molar-refractivity contribution in [3.63, 3.8) is 0 Å². The number of hydrogen-bond donors (Lipinski definition) is 1. The number of carbonyl (C=O) groups is 1. The third-order valence-corrected chi connectivity index (χ3v) is 3.41. The van der Waals surface area contributed by atoms with Crippen LogP contribution in [0.2, 0.25) is 0 Å². The van der Waals surface area contributed by atoms with E-state index >= 15 is 0 Å². The Labute approximate surface area is 139 Å². The highest BCUT2D eigenvalue weighted by molar-refractivity contribution is 5.95. The van der Waals surface area contributed by atoms with Crippen LogP contribution in [0.15, 0.2) is 59.1 Å². The van der Waals surface area contributed by atoms with E-state index in [2.05, 4.69) is 15.5 Å². The van der Waals surface area contributed by atoms with Gasteiger partial charge in [-0.05, 0) is 30.7 Å². The molecule has 6 nitrogen and oxygen atoms in total. The summed E-state index contributed by atoms with van der Waals surface area (Å²) < 4.78 is 10.6. The lowest BCUT2D eigenvalue weighted by Gasteiger charge is -2.05. The number of nitrogens with zero attached hydrogens (tertiary/aromatic N) is 2. The number of aromatic nitrogens is 2. The molecule has 1 amide bonds. The Hall–Kier alpha value is -3.15. The molecule has 0 radical (unpaired) electrons. The van der Waals surface area contributed by atoms with Crippen molar-refractivity contribution < 1.29 is 14.1 Å². The van der Waals surface area contributed by atoms with Crippen molar-refractivity contribution in [1.82, 2.24) is 15.5 Å². The third kappa shape index (κ3) is 3.98. The predicted molar refractivity (Wildman–Crippen MR) is 87.4 cm³/mol. The van der Waals surface area contributed by atoms with Gasteiger partial charge in [-0.25, -0.2) is 0 Å². The molecule has 1 heterocycles. The van der Waals surface area contributed by atoms with Gasteiger partial charge in [0.1, 0.15) is 5.75 Å². The molecule has 1 aromatic heterocycles. The fourth-order valence-corrected chi connectivity index (χ4v) is 2.16. The van der Waals surface area contributed by atoms with Gasteiger partial charge in [0.2, 0.25) is 0 Å². The zero-order chi connectivity index (χ0) is 16.8. The van der Waals surface area contributed by atoms with Gasteiger partial charge in [-0.2, -0.15) is 4.98 Å². The molecule has 0 aliphatic rings. The number of carbonyl (C=O) groups excluding carboxylic acids is 1. The molecule has 122 valence electrons. The second-order valence-corrected chi connectivity index (χ2v) is 5.20. The van der Waals surface area contributed by atoms with E-state index in [4.69, 9.17) is 9.26 Å². The quantitative estimate of drug-likeness (QED) is 0.755. The molecule has 0 bridgehead atoms. The average molecular weight is 323 g/mol. The first kappa shape index (κ1) is 15.7. The molecule has 0 saturated heterocycles. The molecule has 0 unspecified atom stereocenters. The Morgan fingerprint density at radius 1 is 1.12 bits per heavy atom. The molecule has 0 aliphatic carbocycles. The van der Waals surface area contributed by atoms with Gasteiger partial charge in [-0.3, -0.25) is 4.79 Å². The van der Waals surface area contributed by atoms with E-state index in [0.717, 1.165) is 11.3 Å². The first-order valence-electron chi connectivity index (χ1n) is 7.55. The molecule has 0 atom stereocenters. The van der Waals surface area contributed by atoms with Crippen molar-refractivity contribution in [1.29, 1.82) is 0 Å². The van der Waals surface area contributed by atoms with Crippen LogP contribution < -0.4 is 10.1 Å². The summed E-state index contributed by atoms with van der Waals surface area (Å²) in [5, 5.41) is 6.61. The molecule has 0 saturated carbocycles. The summed E-state index contributed by atoms with van der Waals surface area (Å²) in [6.45, 7) is 2.27. The highest BCUT2D eigenvalue weighted by Crippen LogP contribution is 2.11. The molecule has 2 aromatic carbocycles. The number of nitrogens with one attached hydrogen (secondary N) is 1. The van der Waals surface area contributed by atoms with E-state index in [-0.39, 0.29) is 19.1 Å². The predicted octanol–water partition coefficient (Wildman–Crippen LogP) is 2.89. The van der Waals surface area contributed by atoms with E-state index in [0.29, 0.717) is 17.3 Å². The molecule has 24 heavy (non-hydrogen) atoms. The standard InChI is InChI=1S/C18H17N3O3/c1-13-7-5-6-10-15(13)18(22)19-11-16-20-17(24-21-16)12-23-14-8-3-2-4-9-14/h2-10H,11-12H2,1H3,(H,19,22). The van der Waals surface area contributed by atoms with Crippen LogP contribution in [0.25, 0.3) is 0 Å². The van der Waals surface area contributed by atoms with Crippen molar-refractivity contribution in [3.05, 3.63) is 77.4 Å². The van der Waals surface area contributed by atoms with Crippen molar-refractivity contribution in [2.75, 3.05) is 0 Å². The molecule has 0 fully saturated rings. The monoisotopic (exact) mass is 323 g/mol. The van der Waals surface area contributed by atoms with Gasteiger partial charge in [0.25, 0.3) is 11.8 Å². The lowest BCUT2D eigenvalue weighted by Crippen LogP contribution is -2.24. The van der Waals surface area contributed by atoms with Crippen LogP contribution in [-0.4, -0.2) is 16.0 Å². The smallest absolute Gasteiger partial charge is 0.264 e. The second-order valence-electron chi connectivity index (χ2n) is 5.20. The molecular formula is C18H17N3O3. The zero-order valence-electron chi connectivity index (χ0n) is 13.2. The molecule has 3 aromatic rings. The van der Waals surface area contributed by atoms with E-state index in [1.807, 2.05) is 55.5 Å². The van der Waals surface area contributed by atoms with Crippen LogP contribution in [0.5, 0.6) is 5.75 Å². The first-order valence-corrected chi connectivity index (χ1v) is 7.55. The largest absolute Gasteiger partial charge is 0.484 e. The maximum absolute atomic E-state index is 12.1. The van der Waals surface area contributed by atoms with E-state index in [1.54, 1.807) is 6.07 Å². The summed E-state index contributed by atoms with van der Waals surface area (Å²) in [5.74, 6) is 1.33. The molecule has 0 spiro atoms. The van der Waals surface area contributed by atoms with Crippen LogP contribution in [-0.2, 0) is 13.2 Å². The van der Waals surface area contributed by atoms with Gasteiger partial charge in [0.05, 0.1) is 6.54 Å². The minimum absolute atomic E-state index is 0.167. The number of amides is 1. The summed E-state index contributed by atoms with van der Waals surface area (Å²) in [4.78, 5) is 16.3. The molecule has 6 heteroatoms. The average Bonchev–Trinajstić information content (AvgIpc) is 3.07. The van der Waals surface area contributed by atoms with Gasteiger partial charge < -0.3 is 14.6 Å². The van der Waals surface area contributed by atoms with Crippen LogP contribution >= 0.6 is 0 Å². The number of benzene rings is 2. The molecular weight excluding hydrogens is 306 g/mol. The Balaban J connectivity index is 1.53. The summed E-state index contributed by atoms with van der Waals surface area (Å²) in [5.41, 5.74) is 1.55. The van der Waals surface area contributed by atoms with E-state index in [9.17, 15) is 4.79 Å². The number of hydrogen-bond acceptors (Lipinski definition) is 5. The van der Waals surface area contributed by atoms with Crippen LogP contribution in [0.1, 0.15) is 27.6 Å². The number of rotatable bonds is 6. The van der Waals surface area contributed by atoms with Gasteiger partial charge in [0, 0.05) is 5.56 Å². The van der Waals surface area contributed by atoms with Crippen LogP contribution in [0, 0.1) is 6.92 Å². The lowest BCUT2D eigenvalue weighted by molar-refractivity contribution is 0.0949. The maximum Gasteiger partial charge on any atom is 0.264 e. The molecule has 3 rings (SSSR count). The summed E-state index contributed by atoms with van der Waals surface area (Å²) in [6.07, 6.45) is 0. The van der Waals surface area contributed by atoms with Gasteiger partial charge in [-0.15, -0.1) is 0 Å². The van der Waals surface area contributed by atoms with Gasteiger partial charge >= 0.3 is 0 Å². The van der Waals surface area contributed by atoms with Gasteiger partial charge in [0.15, 0.2) is 12.4 Å². The Bertz CT molecular complexity index is 815. The van der Waals surface area contributed by atoms with Gasteiger partial charge in [-0.1, -0.05) is 41.6 Å². The minimum atomic E-state index is -0.167. The SMILES string of the molecule is Cc1ccccc1C(=O)NCc1noc(COc2ccccc2)n1. The maximum atomic E-state index is 12.1. The molecule has 1 N–H and O–H groups in total. The first-order chi connectivity index (χ1) is 11.7. The fourth-order valence-electron chi connectivity index (χ4n) is 2.16. The highest BCUT2D eigenvalue weighted by atomic mass is 16.5. The minimum Gasteiger partial charge on any atom is -0.484 e. The van der Waals surface area contributed by atoms with Crippen LogP contribution in [0.4, 0.5) is 0 Å². The number of para-hydroxylation sites is 1. The van der Waals surface area contributed by atoms with E-state index in [1.165, 1.54) is 0 Å². The van der Waals surface area contributed by atoms with Crippen molar-refractivity contribution in [2.24, 2.45) is 0 Å². The van der Waals surface area contributed by atoms with E-state index < -0.39 is 0 Å². The fraction of sp³-hybridized carbons (Fsp3) is 0.167. The molecule has 0 aliphatic heterocycles. The highest BCUT2D eigenvalue weighted by Gasteiger charge is 2.11. The summed E-state index contributed by atoms with van der Waals surface area (Å²) in [6, 6.07) is 16.8. The zero-order valence-corrected chi connectivity index (χ0v) is 13.2. The topological polar surface area (TPSA) is 77.2 Å². The van der Waals surface area contributed by atoms with Crippen molar-refractivity contribution in [3.8, 4) is 5.75 Å². The Kier molecular flexibility index (Phi) is 4.86. The second kappa shape index (κ2) is 7.41. The van der Waals surface area contributed by atoms with Crippen molar-refractivity contribution >= 4 is 5.91 Å². The Morgan fingerprint density at radius 3 is 2.67 bits per heavy atom. The Morgan fingerprint density at radius 2 is 1.88 bits per heavy atom. The summed E-state index contributed by atoms with van der Waals surface area (Å²) in [7, 11) is 0. The van der Waals surface area contributed by atoms with Crippen molar-refractivity contribution in [2.45, 2.75) is 20.1 Å². The summed E-state index contributed by atoms with van der Waals surface area (Å²) >= 11 is 0. The van der Waals surface area contributed by atoms with Crippen LogP contribution in [0.3, 0.4) is 0 Å².